The monoisotopic (exact) mass is 404 g/mol. The molecule has 0 aliphatic carbocycles. The van der Waals surface area contributed by atoms with E-state index in [4.69, 9.17) is 28.6 Å². The van der Waals surface area contributed by atoms with Crippen LogP contribution in [0.3, 0.4) is 0 Å². The summed E-state index contributed by atoms with van der Waals surface area (Å²) in [7, 11) is 1.59. The van der Waals surface area contributed by atoms with Gasteiger partial charge in [0.1, 0.15) is 0 Å². The molecule has 0 heterocycles. The minimum Gasteiger partial charge on any atom is -0.383 e. The molecule has 0 bridgehead atoms. The minimum absolute atomic E-state index is 0.0211. The van der Waals surface area contributed by atoms with Crippen molar-refractivity contribution in [3.8, 4) is 0 Å². The summed E-state index contributed by atoms with van der Waals surface area (Å²) < 4.78 is 4.97. The molecule has 0 spiro atoms. The van der Waals surface area contributed by atoms with Gasteiger partial charge in [-0.15, -0.1) is 11.8 Å². The van der Waals surface area contributed by atoms with E-state index in [1.807, 2.05) is 6.92 Å². The highest BCUT2D eigenvalue weighted by molar-refractivity contribution is 8.00. The van der Waals surface area contributed by atoms with Crippen molar-refractivity contribution in [2.45, 2.75) is 13.0 Å². The van der Waals surface area contributed by atoms with Gasteiger partial charge in [0.2, 0.25) is 11.8 Å². The van der Waals surface area contributed by atoms with Gasteiger partial charge in [-0.25, -0.2) is 0 Å². The molecule has 138 valence electrons. The number of methoxy groups -OCH3 is 1. The number of halogens is 1. The number of rotatable bonds is 8. The summed E-state index contributed by atoms with van der Waals surface area (Å²) in [5.41, 5.74) is 5.71. The first kappa shape index (κ1) is 21.5. The molecule has 25 heavy (non-hydrogen) atoms. The van der Waals surface area contributed by atoms with Crippen molar-refractivity contribution in [1.29, 1.82) is 0 Å². The maximum absolute atomic E-state index is 11.8. The number of nitrogens with one attached hydrogen (secondary N) is 4. The normalized spacial score (nSPS) is 11.3. The zero-order chi connectivity index (χ0) is 18.7. The third-order valence-corrected chi connectivity index (χ3v) is 4.11. The third-order valence-electron chi connectivity index (χ3n) is 2.70. The second-order valence-corrected chi connectivity index (χ2v) is 6.88. The molecule has 0 aliphatic rings. The van der Waals surface area contributed by atoms with E-state index >= 15 is 0 Å². The number of thioether (sulfide) groups is 1. The van der Waals surface area contributed by atoms with Crippen LogP contribution >= 0.6 is 35.6 Å². The highest BCUT2D eigenvalue weighted by Gasteiger charge is 2.07. The van der Waals surface area contributed by atoms with E-state index in [0.717, 1.165) is 0 Å². The van der Waals surface area contributed by atoms with Crippen molar-refractivity contribution >= 4 is 58.2 Å². The second kappa shape index (κ2) is 11.9. The van der Waals surface area contributed by atoms with Crippen molar-refractivity contribution < 1.29 is 14.3 Å². The van der Waals surface area contributed by atoms with Crippen LogP contribution in [-0.4, -0.2) is 48.2 Å². The van der Waals surface area contributed by atoms with Gasteiger partial charge in [0, 0.05) is 23.9 Å². The standard InChI is InChI=1S/C15H21ClN4O3S2/c1-10(7-23-2)17-15(24)20-19-14(22)9-25-8-13(21)18-12-5-3-11(16)4-6-12/h3-6,10H,7-9H2,1-2H3,(H,18,21)(H,19,22)(H2,17,20,24)/t10-/m1/s1. The summed E-state index contributed by atoms with van der Waals surface area (Å²) >= 11 is 12.0. The van der Waals surface area contributed by atoms with Crippen LogP contribution in [0, 0.1) is 0 Å². The van der Waals surface area contributed by atoms with Crippen LogP contribution in [0.1, 0.15) is 6.92 Å². The Hall–Kier alpha value is -1.55. The summed E-state index contributed by atoms with van der Waals surface area (Å²) in [6, 6.07) is 6.81. The first-order chi connectivity index (χ1) is 11.9. The van der Waals surface area contributed by atoms with Crippen molar-refractivity contribution in [3.63, 3.8) is 0 Å². The molecule has 1 rings (SSSR count). The Morgan fingerprint density at radius 3 is 2.48 bits per heavy atom. The predicted octanol–water partition coefficient (Wildman–Crippen LogP) is 1.54. The van der Waals surface area contributed by atoms with Gasteiger partial charge >= 0.3 is 0 Å². The molecule has 0 unspecified atom stereocenters. The molecule has 0 aliphatic heterocycles. The average Bonchev–Trinajstić information content (AvgIpc) is 2.55. The van der Waals surface area contributed by atoms with Crippen LogP contribution in [0.5, 0.6) is 0 Å². The van der Waals surface area contributed by atoms with Crippen molar-refractivity contribution in [1.82, 2.24) is 16.2 Å². The molecule has 1 atom stereocenters. The maximum atomic E-state index is 11.8. The lowest BCUT2D eigenvalue weighted by molar-refractivity contribution is -0.119. The topological polar surface area (TPSA) is 91.5 Å². The molecule has 7 nitrogen and oxygen atoms in total. The van der Waals surface area contributed by atoms with Gasteiger partial charge in [0.15, 0.2) is 5.11 Å². The highest BCUT2D eigenvalue weighted by atomic mass is 35.5. The average molecular weight is 405 g/mol. The largest absolute Gasteiger partial charge is 0.383 e. The molecule has 1 aromatic carbocycles. The summed E-state index contributed by atoms with van der Waals surface area (Å²) in [4.78, 5) is 23.5. The Morgan fingerprint density at radius 2 is 1.84 bits per heavy atom. The number of thiocarbonyl (C=S) groups is 1. The minimum atomic E-state index is -0.284. The third kappa shape index (κ3) is 10.1. The van der Waals surface area contributed by atoms with Gasteiger partial charge in [-0.05, 0) is 43.4 Å². The van der Waals surface area contributed by atoms with Crippen molar-refractivity contribution in [2.24, 2.45) is 0 Å². The van der Waals surface area contributed by atoms with Gasteiger partial charge in [0.05, 0.1) is 18.1 Å². The zero-order valence-electron chi connectivity index (χ0n) is 13.9. The lowest BCUT2D eigenvalue weighted by Crippen LogP contribution is -2.50. The summed E-state index contributed by atoms with van der Waals surface area (Å²) in [5, 5.41) is 6.55. The van der Waals surface area contributed by atoms with Crippen LogP contribution in [0.15, 0.2) is 24.3 Å². The van der Waals surface area contributed by atoms with E-state index in [1.165, 1.54) is 11.8 Å². The van der Waals surface area contributed by atoms with Gasteiger partial charge in [0.25, 0.3) is 0 Å². The van der Waals surface area contributed by atoms with E-state index in [1.54, 1.807) is 31.4 Å². The molecule has 0 aromatic heterocycles. The Morgan fingerprint density at radius 1 is 1.20 bits per heavy atom. The van der Waals surface area contributed by atoms with Gasteiger partial charge in [-0.3, -0.25) is 20.4 Å². The predicted molar refractivity (Wildman–Crippen MR) is 106 cm³/mol. The molecule has 1 aromatic rings. The molecule has 4 N–H and O–H groups in total. The second-order valence-electron chi connectivity index (χ2n) is 5.05. The fourth-order valence-electron chi connectivity index (χ4n) is 1.68. The number of ether oxygens (including phenoxy) is 1. The molecule has 2 amide bonds. The first-order valence-electron chi connectivity index (χ1n) is 7.38. The lowest BCUT2D eigenvalue weighted by Gasteiger charge is -2.16. The zero-order valence-corrected chi connectivity index (χ0v) is 16.3. The molecule has 10 heteroatoms. The Labute approximate surface area is 161 Å². The molecular formula is C15H21ClN4O3S2. The number of hydrazine groups is 1. The van der Waals surface area contributed by atoms with E-state index in [9.17, 15) is 9.59 Å². The molecule has 0 saturated carbocycles. The number of carbonyl (C=O) groups is 2. The number of hydrogen-bond acceptors (Lipinski definition) is 5. The SMILES string of the molecule is COC[C@@H](C)NC(=S)NNC(=O)CSCC(=O)Nc1ccc(Cl)cc1. The van der Waals surface area contributed by atoms with E-state index in [-0.39, 0.29) is 29.4 Å². The number of carbonyl (C=O) groups excluding carboxylic acids is 2. The van der Waals surface area contributed by atoms with Gasteiger partial charge < -0.3 is 15.4 Å². The number of benzene rings is 1. The number of hydrogen-bond donors (Lipinski definition) is 4. The Kier molecular flexibility index (Phi) is 10.2. The van der Waals surface area contributed by atoms with E-state index in [0.29, 0.717) is 22.4 Å². The smallest absolute Gasteiger partial charge is 0.248 e. The summed E-state index contributed by atoms with van der Waals surface area (Å²) in [6.07, 6.45) is 0. The molecule has 0 fully saturated rings. The van der Waals surface area contributed by atoms with E-state index in [2.05, 4.69) is 21.5 Å². The maximum Gasteiger partial charge on any atom is 0.248 e. The Balaban J connectivity index is 2.16. The Bertz CT molecular complexity index is 587. The quantitative estimate of drug-likeness (QED) is 0.386. The fourth-order valence-corrected chi connectivity index (χ4v) is 2.68. The first-order valence-corrected chi connectivity index (χ1v) is 9.32. The summed E-state index contributed by atoms with van der Waals surface area (Å²) in [6.45, 7) is 2.39. The highest BCUT2D eigenvalue weighted by Crippen LogP contribution is 2.13. The number of anilines is 1. The molecule has 0 saturated heterocycles. The van der Waals surface area contributed by atoms with Gasteiger partial charge in [-0.1, -0.05) is 11.6 Å². The van der Waals surface area contributed by atoms with Crippen LogP contribution in [0.2, 0.25) is 5.02 Å². The number of amides is 2. The van der Waals surface area contributed by atoms with Crippen molar-refractivity contribution in [3.05, 3.63) is 29.3 Å². The van der Waals surface area contributed by atoms with E-state index < -0.39 is 0 Å². The van der Waals surface area contributed by atoms with Crippen LogP contribution in [0.4, 0.5) is 5.69 Å². The molecule has 0 radical (unpaired) electrons. The fraction of sp³-hybridized carbons (Fsp3) is 0.400. The molecular weight excluding hydrogens is 384 g/mol. The van der Waals surface area contributed by atoms with Crippen molar-refractivity contribution in [2.75, 3.05) is 30.5 Å². The van der Waals surface area contributed by atoms with Crippen LogP contribution in [0.25, 0.3) is 0 Å². The van der Waals surface area contributed by atoms with Crippen LogP contribution < -0.4 is 21.5 Å². The van der Waals surface area contributed by atoms with Crippen LogP contribution in [-0.2, 0) is 14.3 Å². The van der Waals surface area contributed by atoms with Gasteiger partial charge in [-0.2, -0.15) is 0 Å². The summed E-state index contributed by atoms with van der Waals surface area (Å²) in [5.74, 6) is -0.201. The lowest BCUT2D eigenvalue weighted by atomic mass is 10.3.